The fourth-order valence-electron chi connectivity index (χ4n) is 1.11. The Hall–Kier alpha value is -0.660. The summed E-state index contributed by atoms with van der Waals surface area (Å²) in [5.74, 6) is 0.770. The van der Waals surface area contributed by atoms with E-state index in [4.69, 9.17) is 10.5 Å². The predicted molar refractivity (Wildman–Crippen MR) is 80.5 cm³/mol. The summed E-state index contributed by atoms with van der Waals surface area (Å²) in [5.41, 5.74) is 8.62. The van der Waals surface area contributed by atoms with Crippen LogP contribution in [0.15, 0.2) is 26.2 Å². The molecule has 0 saturated carbocycles. The van der Waals surface area contributed by atoms with Gasteiger partial charge in [-0.1, -0.05) is 0 Å². The van der Waals surface area contributed by atoms with Crippen LogP contribution in [-0.2, 0) is 0 Å². The van der Waals surface area contributed by atoms with E-state index in [9.17, 15) is 0 Å². The van der Waals surface area contributed by atoms with Gasteiger partial charge in [0.15, 0.2) is 5.11 Å². The molecule has 0 fully saturated rings. The van der Waals surface area contributed by atoms with Gasteiger partial charge in [-0.3, -0.25) is 5.43 Å². The summed E-state index contributed by atoms with van der Waals surface area (Å²) >= 11 is 11.5. The molecular formula is C10H11Br2N3OS. The lowest BCUT2D eigenvalue weighted by atomic mass is 10.2. The van der Waals surface area contributed by atoms with E-state index in [0.717, 1.165) is 20.3 Å². The summed E-state index contributed by atoms with van der Waals surface area (Å²) in [6.45, 7) is 2.54. The van der Waals surface area contributed by atoms with Crippen LogP contribution in [0, 0.1) is 0 Å². The Morgan fingerprint density at radius 2 is 2.12 bits per heavy atom. The fraction of sp³-hybridized carbons (Fsp3) is 0.200. The Labute approximate surface area is 122 Å². The molecule has 7 heteroatoms. The zero-order valence-electron chi connectivity index (χ0n) is 9.04. The molecule has 92 valence electrons. The SMILES string of the molecule is CCOc1c(Br)cc(/C=N\NC(N)=S)cc1Br. The smallest absolute Gasteiger partial charge is 0.184 e. The number of ether oxygens (including phenoxy) is 1. The molecule has 1 rings (SSSR count). The third-order valence-electron chi connectivity index (χ3n) is 1.70. The number of hydrogen-bond acceptors (Lipinski definition) is 3. The van der Waals surface area contributed by atoms with Gasteiger partial charge in [0.2, 0.25) is 0 Å². The van der Waals surface area contributed by atoms with Gasteiger partial charge in [-0.15, -0.1) is 0 Å². The first-order valence-electron chi connectivity index (χ1n) is 4.75. The van der Waals surface area contributed by atoms with Crippen molar-refractivity contribution < 1.29 is 4.74 Å². The summed E-state index contributed by atoms with van der Waals surface area (Å²) in [7, 11) is 0. The third kappa shape index (κ3) is 4.61. The molecule has 0 radical (unpaired) electrons. The highest BCUT2D eigenvalue weighted by Gasteiger charge is 2.07. The molecule has 0 atom stereocenters. The summed E-state index contributed by atoms with van der Waals surface area (Å²) in [4.78, 5) is 0. The zero-order valence-corrected chi connectivity index (χ0v) is 13.0. The average Bonchev–Trinajstić information content (AvgIpc) is 2.23. The van der Waals surface area contributed by atoms with Crippen molar-refractivity contribution in [1.29, 1.82) is 0 Å². The van der Waals surface area contributed by atoms with E-state index in [1.807, 2.05) is 19.1 Å². The van der Waals surface area contributed by atoms with Crippen molar-refractivity contribution in [3.63, 3.8) is 0 Å². The van der Waals surface area contributed by atoms with Crippen molar-refractivity contribution in [1.82, 2.24) is 5.43 Å². The molecular weight excluding hydrogens is 370 g/mol. The van der Waals surface area contributed by atoms with Gasteiger partial charge in [-0.2, -0.15) is 5.10 Å². The second kappa shape index (κ2) is 6.93. The van der Waals surface area contributed by atoms with E-state index in [0.29, 0.717) is 6.61 Å². The van der Waals surface area contributed by atoms with Gasteiger partial charge in [0.25, 0.3) is 0 Å². The van der Waals surface area contributed by atoms with E-state index in [2.05, 4.69) is 54.6 Å². The second-order valence-corrected chi connectivity index (χ2v) is 5.13. The number of hydrazone groups is 1. The number of nitrogens with zero attached hydrogens (tertiary/aromatic N) is 1. The number of halogens is 2. The Balaban J connectivity index is 2.90. The fourth-order valence-corrected chi connectivity index (χ4v) is 2.61. The molecule has 0 aliphatic heterocycles. The Kier molecular flexibility index (Phi) is 5.87. The number of hydrogen-bond donors (Lipinski definition) is 2. The maximum absolute atomic E-state index is 5.47. The molecule has 0 heterocycles. The number of thiocarbonyl (C=S) groups is 1. The van der Waals surface area contributed by atoms with Crippen LogP contribution >= 0.6 is 44.1 Å². The monoisotopic (exact) mass is 379 g/mol. The van der Waals surface area contributed by atoms with Crippen molar-refractivity contribution in [2.24, 2.45) is 10.8 Å². The standard InChI is InChI=1S/C10H11Br2N3OS/c1-2-16-9-7(11)3-6(4-8(9)12)5-14-15-10(13)17/h3-5H,2H2,1H3,(H3,13,15,17)/b14-5-. The topological polar surface area (TPSA) is 59.6 Å². The van der Waals surface area contributed by atoms with Gasteiger partial charge < -0.3 is 10.5 Å². The summed E-state index contributed by atoms with van der Waals surface area (Å²) in [6.07, 6.45) is 1.62. The van der Waals surface area contributed by atoms with Gasteiger partial charge in [0.1, 0.15) is 5.75 Å². The van der Waals surface area contributed by atoms with Gasteiger partial charge in [-0.25, -0.2) is 0 Å². The van der Waals surface area contributed by atoms with Crippen LogP contribution in [0.3, 0.4) is 0 Å². The third-order valence-corrected chi connectivity index (χ3v) is 2.97. The lowest BCUT2D eigenvalue weighted by molar-refractivity contribution is 0.336. The van der Waals surface area contributed by atoms with E-state index in [1.54, 1.807) is 6.21 Å². The molecule has 0 aliphatic carbocycles. The van der Waals surface area contributed by atoms with E-state index in [1.165, 1.54) is 0 Å². The number of nitrogens with one attached hydrogen (secondary N) is 1. The minimum absolute atomic E-state index is 0.130. The van der Waals surface area contributed by atoms with Crippen molar-refractivity contribution in [2.45, 2.75) is 6.92 Å². The van der Waals surface area contributed by atoms with Gasteiger partial charge in [0.05, 0.1) is 21.8 Å². The molecule has 0 aromatic heterocycles. The van der Waals surface area contributed by atoms with Crippen LogP contribution in [0.5, 0.6) is 5.75 Å². The van der Waals surface area contributed by atoms with Gasteiger partial charge >= 0.3 is 0 Å². The van der Waals surface area contributed by atoms with Gasteiger partial charge in [-0.05, 0) is 68.7 Å². The molecule has 0 unspecified atom stereocenters. The molecule has 1 aromatic carbocycles. The van der Waals surface area contributed by atoms with Crippen LogP contribution in [0.4, 0.5) is 0 Å². The quantitative estimate of drug-likeness (QED) is 0.479. The Morgan fingerprint density at radius 1 is 1.53 bits per heavy atom. The molecule has 3 N–H and O–H groups in total. The maximum atomic E-state index is 5.47. The first kappa shape index (κ1) is 14.4. The molecule has 0 aliphatic rings. The summed E-state index contributed by atoms with van der Waals surface area (Å²) in [5, 5.41) is 4.01. The minimum Gasteiger partial charge on any atom is -0.492 e. The lowest BCUT2D eigenvalue weighted by Crippen LogP contribution is -2.23. The largest absolute Gasteiger partial charge is 0.492 e. The molecule has 0 amide bonds. The zero-order chi connectivity index (χ0) is 12.8. The van der Waals surface area contributed by atoms with Crippen LogP contribution in [0.25, 0.3) is 0 Å². The minimum atomic E-state index is 0.130. The van der Waals surface area contributed by atoms with E-state index < -0.39 is 0 Å². The van der Waals surface area contributed by atoms with Crippen molar-refractivity contribution >= 4 is 55.4 Å². The highest BCUT2D eigenvalue weighted by Crippen LogP contribution is 2.34. The van der Waals surface area contributed by atoms with Gasteiger partial charge in [0, 0.05) is 0 Å². The Bertz CT molecular complexity index is 428. The predicted octanol–water partition coefficient (Wildman–Crippen LogP) is 2.78. The van der Waals surface area contributed by atoms with E-state index in [-0.39, 0.29) is 5.11 Å². The van der Waals surface area contributed by atoms with Crippen molar-refractivity contribution in [3.05, 3.63) is 26.6 Å². The highest BCUT2D eigenvalue weighted by atomic mass is 79.9. The second-order valence-electron chi connectivity index (χ2n) is 2.98. The maximum Gasteiger partial charge on any atom is 0.184 e. The lowest BCUT2D eigenvalue weighted by Gasteiger charge is -2.09. The van der Waals surface area contributed by atoms with Crippen LogP contribution in [0.1, 0.15) is 12.5 Å². The first-order chi connectivity index (χ1) is 8.04. The van der Waals surface area contributed by atoms with Crippen molar-refractivity contribution in [3.8, 4) is 5.75 Å². The molecule has 0 saturated heterocycles. The number of nitrogens with two attached hydrogens (primary N) is 1. The average molecular weight is 381 g/mol. The van der Waals surface area contributed by atoms with Crippen LogP contribution < -0.4 is 15.9 Å². The molecule has 17 heavy (non-hydrogen) atoms. The molecule has 0 bridgehead atoms. The Morgan fingerprint density at radius 3 is 2.59 bits per heavy atom. The first-order valence-corrected chi connectivity index (χ1v) is 6.74. The number of benzene rings is 1. The molecule has 0 spiro atoms. The van der Waals surface area contributed by atoms with E-state index >= 15 is 0 Å². The number of rotatable bonds is 4. The normalized spacial score (nSPS) is 10.5. The van der Waals surface area contributed by atoms with Crippen molar-refractivity contribution in [2.75, 3.05) is 6.61 Å². The van der Waals surface area contributed by atoms with Crippen LogP contribution in [0.2, 0.25) is 0 Å². The van der Waals surface area contributed by atoms with Crippen LogP contribution in [-0.4, -0.2) is 17.9 Å². The highest BCUT2D eigenvalue weighted by molar-refractivity contribution is 9.11. The molecule has 4 nitrogen and oxygen atoms in total. The summed E-state index contributed by atoms with van der Waals surface area (Å²) < 4.78 is 7.18. The summed E-state index contributed by atoms with van der Waals surface area (Å²) in [6, 6.07) is 3.78. The molecule has 1 aromatic rings.